The van der Waals surface area contributed by atoms with E-state index in [0.717, 1.165) is 24.0 Å². The molecule has 2 aromatic carbocycles. The smallest absolute Gasteiger partial charge is 0.265 e. The number of rotatable bonds is 15. The maximum atomic E-state index is 12.3. The van der Waals surface area contributed by atoms with Gasteiger partial charge in [-0.3, -0.25) is 19.2 Å². The zero-order valence-electron chi connectivity index (χ0n) is 25.7. The number of carbonyl (C=O) groups excluding carboxylic acids is 4. The maximum absolute atomic E-state index is 12.3. The van der Waals surface area contributed by atoms with Crippen molar-refractivity contribution in [1.82, 2.24) is 10.9 Å². The van der Waals surface area contributed by atoms with Gasteiger partial charge in [0, 0.05) is 24.2 Å². The second kappa shape index (κ2) is 17.5. The van der Waals surface area contributed by atoms with Gasteiger partial charge >= 0.3 is 0 Å². The number of anilines is 2. The molecule has 4 N–H and O–H groups in total. The Kier molecular flexibility index (Phi) is 12.9. The van der Waals surface area contributed by atoms with Crippen molar-refractivity contribution in [1.29, 1.82) is 0 Å². The molecule has 2 heterocycles. The van der Waals surface area contributed by atoms with E-state index >= 15 is 0 Å². The van der Waals surface area contributed by atoms with Crippen molar-refractivity contribution in [3.8, 4) is 0 Å². The number of nitrogens with zero attached hydrogens (tertiary/aromatic N) is 2. The number of benzene rings is 2. The Bertz CT molecular complexity index is 1570. The fraction of sp³-hybridized carbons (Fsp3) is 0.235. The molecule has 0 aliphatic rings. The molecule has 4 amide bonds. The molecule has 0 saturated heterocycles. The second-order valence-electron chi connectivity index (χ2n) is 10.4. The molecule has 4 aromatic rings. The first-order chi connectivity index (χ1) is 22.3. The van der Waals surface area contributed by atoms with Crippen molar-refractivity contribution in [2.24, 2.45) is 10.2 Å². The Morgan fingerprint density at radius 1 is 0.587 bits per heavy atom. The normalized spacial score (nSPS) is 11.5. The lowest BCUT2D eigenvalue weighted by molar-refractivity contribution is -0.122. The summed E-state index contributed by atoms with van der Waals surface area (Å²) in [5.74, 6) is -0.704. The zero-order chi connectivity index (χ0) is 32.7. The van der Waals surface area contributed by atoms with E-state index in [1.54, 1.807) is 38.1 Å². The van der Waals surface area contributed by atoms with E-state index in [2.05, 4.69) is 31.7 Å². The van der Waals surface area contributed by atoms with Gasteiger partial charge in [-0.05, 0) is 85.0 Å². The van der Waals surface area contributed by atoms with Crippen LogP contribution in [0.2, 0.25) is 0 Å². The lowest BCUT2D eigenvalue weighted by Crippen LogP contribution is -2.19. The number of carbonyl (C=O) groups is 4. The third-order valence-electron chi connectivity index (χ3n) is 6.82. The highest BCUT2D eigenvalue weighted by Crippen LogP contribution is 2.17. The summed E-state index contributed by atoms with van der Waals surface area (Å²) >= 11 is 2.75. The number of thiophene rings is 2. The molecule has 10 nitrogen and oxygen atoms in total. The molecule has 12 heteroatoms. The third kappa shape index (κ3) is 10.9. The van der Waals surface area contributed by atoms with Gasteiger partial charge in [0.2, 0.25) is 11.8 Å². The lowest BCUT2D eigenvalue weighted by atomic mass is 10.1. The maximum Gasteiger partial charge on any atom is 0.265 e. The monoisotopic (exact) mass is 656 g/mol. The molecule has 238 valence electrons. The Hall–Kier alpha value is -4.94. The van der Waals surface area contributed by atoms with Gasteiger partial charge in [-0.25, -0.2) is 10.9 Å². The van der Waals surface area contributed by atoms with E-state index < -0.39 is 0 Å². The Balaban J connectivity index is 1.10. The second-order valence-corrected chi connectivity index (χ2v) is 12.3. The number of nitrogens with one attached hydrogen (secondary N) is 4. The molecule has 0 radical (unpaired) electrons. The van der Waals surface area contributed by atoms with Gasteiger partial charge < -0.3 is 10.6 Å². The van der Waals surface area contributed by atoms with Crippen molar-refractivity contribution in [3.63, 3.8) is 0 Å². The third-order valence-corrected chi connectivity index (χ3v) is 8.56. The first kappa shape index (κ1) is 33.9. The topological polar surface area (TPSA) is 141 Å². The number of hydrazone groups is 2. The molecule has 46 heavy (non-hydrogen) atoms. The minimum absolute atomic E-state index is 0.171. The molecule has 0 fully saturated rings. The minimum atomic E-state index is -0.181. The standard InChI is InChI=1S/C34H36N6O4S2/c1-23(25-11-7-13-27(21-25)35-33(43)29-15-9-19-45-29)37-39-31(41)17-5-3-4-6-18-32(42)40-38-24(2)26-12-8-14-28(22-26)36-34(44)30-16-10-20-46-30/h7-16,19-22H,3-6,17-18H2,1-2H3,(H,35,43)(H,36,44)(H,39,41)(H,40,42). The van der Waals surface area contributed by atoms with Crippen LogP contribution < -0.4 is 21.5 Å². The summed E-state index contributed by atoms with van der Waals surface area (Å²) in [4.78, 5) is 50.4. The van der Waals surface area contributed by atoms with Gasteiger partial charge in [0.1, 0.15) is 0 Å². The van der Waals surface area contributed by atoms with Crippen LogP contribution in [0.15, 0.2) is 93.8 Å². The van der Waals surface area contributed by atoms with Crippen LogP contribution in [0.25, 0.3) is 0 Å². The molecule has 0 aliphatic carbocycles. The predicted octanol–water partition coefficient (Wildman–Crippen LogP) is 7.04. The van der Waals surface area contributed by atoms with Crippen LogP contribution in [0.1, 0.15) is 82.8 Å². The lowest BCUT2D eigenvalue weighted by Gasteiger charge is -2.07. The first-order valence-electron chi connectivity index (χ1n) is 14.9. The van der Waals surface area contributed by atoms with Crippen molar-refractivity contribution >= 4 is 69.1 Å². The molecule has 0 unspecified atom stereocenters. The number of amides is 4. The Morgan fingerprint density at radius 3 is 1.41 bits per heavy atom. The van der Waals surface area contributed by atoms with Crippen LogP contribution in [0.5, 0.6) is 0 Å². The highest BCUT2D eigenvalue weighted by Gasteiger charge is 2.10. The van der Waals surface area contributed by atoms with Crippen LogP contribution >= 0.6 is 22.7 Å². The molecule has 2 aromatic heterocycles. The van der Waals surface area contributed by atoms with Gasteiger partial charge in [0.05, 0.1) is 21.2 Å². The van der Waals surface area contributed by atoms with Gasteiger partial charge in [0.25, 0.3) is 11.8 Å². The Labute approximate surface area is 276 Å². The van der Waals surface area contributed by atoms with E-state index in [9.17, 15) is 19.2 Å². The molecule has 0 aliphatic heterocycles. The molecule has 4 rings (SSSR count). The van der Waals surface area contributed by atoms with Gasteiger partial charge in [-0.2, -0.15) is 10.2 Å². The fourth-order valence-electron chi connectivity index (χ4n) is 4.30. The van der Waals surface area contributed by atoms with Gasteiger partial charge in [-0.1, -0.05) is 49.2 Å². The van der Waals surface area contributed by atoms with E-state index in [-0.39, 0.29) is 23.6 Å². The summed E-state index contributed by atoms with van der Waals surface area (Å²) in [5.41, 5.74) is 9.31. The first-order valence-corrected chi connectivity index (χ1v) is 16.6. The van der Waals surface area contributed by atoms with Crippen molar-refractivity contribution in [3.05, 3.63) is 104 Å². The zero-order valence-corrected chi connectivity index (χ0v) is 27.3. The quantitative estimate of drug-likeness (QED) is 0.0619. The average Bonchev–Trinajstić information content (AvgIpc) is 3.80. The molecule has 0 bridgehead atoms. The minimum Gasteiger partial charge on any atom is -0.321 e. The summed E-state index contributed by atoms with van der Waals surface area (Å²) in [7, 11) is 0. The largest absolute Gasteiger partial charge is 0.321 e. The van der Waals surface area contributed by atoms with Crippen LogP contribution in [0.3, 0.4) is 0 Å². The van der Waals surface area contributed by atoms with Crippen molar-refractivity contribution < 1.29 is 19.2 Å². The summed E-state index contributed by atoms with van der Waals surface area (Å²) in [6.45, 7) is 3.59. The van der Waals surface area contributed by atoms with Gasteiger partial charge in [-0.15, -0.1) is 22.7 Å². The van der Waals surface area contributed by atoms with Crippen LogP contribution in [0.4, 0.5) is 11.4 Å². The molecule has 0 spiro atoms. The average molecular weight is 657 g/mol. The van der Waals surface area contributed by atoms with Gasteiger partial charge in [0.15, 0.2) is 0 Å². The molecule has 0 saturated carbocycles. The highest BCUT2D eigenvalue weighted by atomic mass is 32.1. The van der Waals surface area contributed by atoms with E-state index in [4.69, 9.17) is 0 Å². The molecular weight excluding hydrogens is 621 g/mol. The van der Waals surface area contributed by atoms with E-state index in [1.165, 1.54) is 22.7 Å². The summed E-state index contributed by atoms with van der Waals surface area (Å²) < 4.78 is 0. The summed E-state index contributed by atoms with van der Waals surface area (Å²) in [6, 6.07) is 21.8. The Morgan fingerprint density at radius 2 is 1.02 bits per heavy atom. The van der Waals surface area contributed by atoms with Crippen molar-refractivity contribution in [2.75, 3.05) is 10.6 Å². The number of hydrogen-bond donors (Lipinski definition) is 4. The fourth-order valence-corrected chi connectivity index (χ4v) is 5.54. The highest BCUT2D eigenvalue weighted by molar-refractivity contribution is 7.12. The van der Waals surface area contributed by atoms with Crippen LogP contribution in [-0.2, 0) is 9.59 Å². The van der Waals surface area contributed by atoms with Crippen molar-refractivity contribution in [2.45, 2.75) is 52.4 Å². The number of hydrogen-bond acceptors (Lipinski definition) is 8. The summed E-state index contributed by atoms with van der Waals surface area (Å²) in [5, 5.41) is 17.9. The SMILES string of the molecule is CC(=NNC(=O)CCCCCCC(=O)NN=C(C)c1cccc(NC(=O)c2cccs2)c1)c1cccc(NC(=O)c2cccs2)c1. The predicted molar refractivity (Wildman–Crippen MR) is 186 cm³/mol. The molecular formula is C34H36N6O4S2. The van der Waals surface area contributed by atoms with Crippen LogP contribution in [0, 0.1) is 0 Å². The van der Waals surface area contributed by atoms with E-state index in [1.807, 2.05) is 59.3 Å². The summed E-state index contributed by atoms with van der Waals surface area (Å²) in [6.07, 6.45) is 3.64. The van der Waals surface area contributed by atoms with Crippen LogP contribution in [-0.4, -0.2) is 35.1 Å². The molecule has 0 atom stereocenters. The number of unbranched alkanes of at least 4 members (excludes halogenated alkanes) is 3. The van der Waals surface area contributed by atoms with E-state index in [0.29, 0.717) is 58.2 Å².